The lowest BCUT2D eigenvalue weighted by Gasteiger charge is -2.03. The number of nitrogens with one attached hydrogen (secondary N) is 1. The molecule has 0 aliphatic carbocycles. The van der Waals surface area contributed by atoms with E-state index in [1.54, 1.807) is 7.05 Å². The number of aromatic nitrogens is 4. The fourth-order valence-corrected chi connectivity index (χ4v) is 1.47. The van der Waals surface area contributed by atoms with Gasteiger partial charge in [0, 0.05) is 25.6 Å². The molecule has 90 valence electrons. The molecule has 0 aromatic carbocycles. The standard InChI is InChI=1S/C9H8BrF2N5/c1-17-4-6(7(16-17)8(11)12)15-9-13-2-5(10)3-14-9/h2-4,8H,1H3,(H,13,14,15). The van der Waals surface area contributed by atoms with Crippen LogP contribution in [0.25, 0.3) is 0 Å². The predicted octanol–water partition coefficient (Wildman–Crippen LogP) is 2.65. The first-order valence-electron chi connectivity index (χ1n) is 4.62. The minimum Gasteiger partial charge on any atom is -0.321 e. The van der Waals surface area contributed by atoms with Gasteiger partial charge in [-0.3, -0.25) is 4.68 Å². The number of nitrogens with zero attached hydrogens (tertiary/aromatic N) is 4. The summed E-state index contributed by atoms with van der Waals surface area (Å²) in [4.78, 5) is 7.86. The van der Waals surface area contributed by atoms with Gasteiger partial charge in [0.15, 0.2) is 5.69 Å². The molecule has 0 saturated heterocycles. The maximum atomic E-state index is 12.6. The Morgan fingerprint density at radius 2 is 2.00 bits per heavy atom. The summed E-state index contributed by atoms with van der Waals surface area (Å²) in [6.07, 6.45) is 1.85. The molecule has 2 heterocycles. The SMILES string of the molecule is Cn1cc(Nc2ncc(Br)cn2)c(C(F)F)n1. The zero-order valence-electron chi connectivity index (χ0n) is 8.73. The minimum absolute atomic E-state index is 0.199. The average Bonchev–Trinajstić information content (AvgIpc) is 2.63. The fraction of sp³-hybridized carbons (Fsp3) is 0.222. The van der Waals surface area contributed by atoms with Crippen LogP contribution in [-0.4, -0.2) is 19.7 Å². The maximum Gasteiger partial charge on any atom is 0.284 e. The van der Waals surface area contributed by atoms with E-state index < -0.39 is 6.43 Å². The molecule has 8 heteroatoms. The Kier molecular flexibility index (Phi) is 3.32. The summed E-state index contributed by atoms with van der Waals surface area (Å²) in [5.41, 5.74) is -0.121. The van der Waals surface area contributed by atoms with Gasteiger partial charge in [0.1, 0.15) is 0 Å². The molecule has 0 unspecified atom stereocenters. The van der Waals surface area contributed by atoms with E-state index in [1.165, 1.54) is 23.3 Å². The lowest BCUT2D eigenvalue weighted by atomic mass is 10.4. The van der Waals surface area contributed by atoms with Crippen LogP contribution in [0.3, 0.4) is 0 Å². The van der Waals surface area contributed by atoms with Gasteiger partial charge in [-0.2, -0.15) is 5.10 Å². The second-order valence-corrected chi connectivity index (χ2v) is 4.17. The molecule has 2 aromatic heterocycles. The van der Waals surface area contributed by atoms with E-state index >= 15 is 0 Å². The summed E-state index contributed by atoms with van der Waals surface area (Å²) in [5, 5.41) is 6.36. The molecular formula is C9H8BrF2N5. The van der Waals surface area contributed by atoms with Crippen LogP contribution < -0.4 is 5.32 Å². The van der Waals surface area contributed by atoms with Crippen molar-refractivity contribution in [1.29, 1.82) is 0 Å². The topological polar surface area (TPSA) is 55.6 Å². The summed E-state index contributed by atoms with van der Waals surface area (Å²) in [7, 11) is 1.57. The van der Waals surface area contributed by atoms with Crippen molar-refractivity contribution >= 4 is 27.6 Å². The lowest BCUT2D eigenvalue weighted by molar-refractivity contribution is 0.146. The highest BCUT2D eigenvalue weighted by Gasteiger charge is 2.18. The first-order valence-corrected chi connectivity index (χ1v) is 5.42. The van der Waals surface area contributed by atoms with Gasteiger partial charge < -0.3 is 5.32 Å². The van der Waals surface area contributed by atoms with Gasteiger partial charge in [0.25, 0.3) is 6.43 Å². The van der Waals surface area contributed by atoms with E-state index in [0.29, 0.717) is 4.47 Å². The molecule has 5 nitrogen and oxygen atoms in total. The van der Waals surface area contributed by atoms with Gasteiger partial charge in [-0.15, -0.1) is 0 Å². The third-order valence-corrected chi connectivity index (χ3v) is 2.34. The van der Waals surface area contributed by atoms with Crippen LogP contribution >= 0.6 is 15.9 Å². The first-order chi connectivity index (χ1) is 8.06. The van der Waals surface area contributed by atoms with Crippen LogP contribution in [0.4, 0.5) is 20.4 Å². The number of halogens is 3. The minimum atomic E-state index is -2.64. The summed E-state index contributed by atoms with van der Waals surface area (Å²) in [5.74, 6) is 0.239. The molecule has 0 saturated carbocycles. The molecule has 0 fully saturated rings. The number of anilines is 2. The Bertz CT molecular complexity index is 511. The molecule has 2 rings (SSSR count). The zero-order valence-corrected chi connectivity index (χ0v) is 10.3. The third kappa shape index (κ3) is 2.76. The molecule has 17 heavy (non-hydrogen) atoms. The maximum absolute atomic E-state index is 12.6. The van der Waals surface area contributed by atoms with E-state index in [2.05, 4.69) is 36.3 Å². The molecule has 2 aromatic rings. The first kappa shape index (κ1) is 11.9. The van der Waals surface area contributed by atoms with Crippen LogP contribution in [0, 0.1) is 0 Å². The van der Waals surface area contributed by atoms with Crippen molar-refractivity contribution in [1.82, 2.24) is 19.7 Å². The molecule has 0 radical (unpaired) electrons. The summed E-state index contributed by atoms with van der Waals surface area (Å²) < 4.78 is 27.3. The predicted molar refractivity (Wildman–Crippen MR) is 61.2 cm³/mol. The fourth-order valence-electron chi connectivity index (χ4n) is 1.26. The molecule has 0 bridgehead atoms. The number of aryl methyl sites for hydroxylation is 1. The van der Waals surface area contributed by atoms with Crippen LogP contribution in [0.15, 0.2) is 23.1 Å². The molecule has 1 N–H and O–H groups in total. The summed E-state index contributed by atoms with van der Waals surface area (Å²) in [6.45, 7) is 0. The van der Waals surface area contributed by atoms with Crippen molar-refractivity contribution in [3.63, 3.8) is 0 Å². The smallest absolute Gasteiger partial charge is 0.284 e. The Hall–Kier alpha value is -1.57. The number of hydrogen-bond acceptors (Lipinski definition) is 4. The van der Waals surface area contributed by atoms with E-state index in [1.807, 2.05) is 0 Å². The van der Waals surface area contributed by atoms with Gasteiger partial charge in [-0.25, -0.2) is 18.7 Å². The summed E-state index contributed by atoms with van der Waals surface area (Å²) in [6, 6.07) is 0. The Morgan fingerprint density at radius 3 is 2.59 bits per heavy atom. The van der Waals surface area contributed by atoms with E-state index in [0.717, 1.165) is 0 Å². The van der Waals surface area contributed by atoms with Gasteiger partial charge in [0.2, 0.25) is 5.95 Å². The molecule has 0 aliphatic heterocycles. The van der Waals surface area contributed by atoms with Crippen molar-refractivity contribution in [2.75, 3.05) is 5.32 Å². The van der Waals surface area contributed by atoms with Crippen LogP contribution in [0.1, 0.15) is 12.1 Å². The molecule has 0 atom stereocenters. The highest BCUT2D eigenvalue weighted by molar-refractivity contribution is 9.10. The van der Waals surface area contributed by atoms with E-state index in [9.17, 15) is 8.78 Å². The number of alkyl halides is 2. The summed E-state index contributed by atoms with van der Waals surface area (Å²) >= 11 is 3.18. The second-order valence-electron chi connectivity index (χ2n) is 3.25. The second kappa shape index (κ2) is 4.74. The lowest BCUT2D eigenvalue weighted by Crippen LogP contribution is -1.98. The van der Waals surface area contributed by atoms with Gasteiger partial charge in [0.05, 0.1) is 10.2 Å². The zero-order chi connectivity index (χ0) is 12.4. The third-order valence-electron chi connectivity index (χ3n) is 1.93. The van der Waals surface area contributed by atoms with Gasteiger partial charge in [-0.1, -0.05) is 0 Å². The van der Waals surface area contributed by atoms with Gasteiger partial charge in [-0.05, 0) is 15.9 Å². The number of hydrogen-bond donors (Lipinski definition) is 1. The van der Waals surface area contributed by atoms with Crippen LogP contribution in [0.5, 0.6) is 0 Å². The highest BCUT2D eigenvalue weighted by atomic mass is 79.9. The van der Waals surface area contributed by atoms with Gasteiger partial charge >= 0.3 is 0 Å². The monoisotopic (exact) mass is 303 g/mol. The van der Waals surface area contributed by atoms with E-state index in [4.69, 9.17) is 0 Å². The normalized spacial score (nSPS) is 10.9. The van der Waals surface area contributed by atoms with Crippen molar-refractivity contribution in [2.24, 2.45) is 7.05 Å². The molecule has 0 spiro atoms. The quantitative estimate of drug-likeness (QED) is 0.947. The molecule has 0 amide bonds. The van der Waals surface area contributed by atoms with Crippen molar-refractivity contribution < 1.29 is 8.78 Å². The van der Waals surface area contributed by atoms with Crippen molar-refractivity contribution in [3.8, 4) is 0 Å². The number of rotatable bonds is 3. The average molecular weight is 304 g/mol. The Morgan fingerprint density at radius 1 is 1.35 bits per heavy atom. The Balaban J connectivity index is 2.26. The van der Waals surface area contributed by atoms with E-state index in [-0.39, 0.29) is 17.3 Å². The Labute approximate surface area is 104 Å². The van der Waals surface area contributed by atoms with Crippen molar-refractivity contribution in [3.05, 3.63) is 28.8 Å². The largest absolute Gasteiger partial charge is 0.321 e. The van der Waals surface area contributed by atoms with Crippen LogP contribution in [-0.2, 0) is 7.05 Å². The highest BCUT2D eigenvalue weighted by Crippen LogP contribution is 2.26. The van der Waals surface area contributed by atoms with Crippen LogP contribution in [0.2, 0.25) is 0 Å². The van der Waals surface area contributed by atoms with Crippen molar-refractivity contribution in [2.45, 2.75) is 6.43 Å². The molecule has 0 aliphatic rings. The molecular weight excluding hydrogens is 296 g/mol.